The van der Waals surface area contributed by atoms with Gasteiger partial charge in [0, 0.05) is 33.3 Å². The highest BCUT2D eigenvalue weighted by molar-refractivity contribution is 7.80. The fourth-order valence-electron chi connectivity index (χ4n) is 2.07. The minimum atomic E-state index is -0.139. The molecule has 1 heterocycles. The summed E-state index contributed by atoms with van der Waals surface area (Å²) in [7, 11) is 0. The van der Waals surface area contributed by atoms with Gasteiger partial charge in [-0.3, -0.25) is 4.90 Å². The van der Waals surface area contributed by atoms with Crippen molar-refractivity contribution in [2.24, 2.45) is 5.73 Å². The summed E-state index contributed by atoms with van der Waals surface area (Å²) in [6, 6.07) is 8.48. The molecule has 1 fully saturated rings. The summed E-state index contributed by atoms with van der Waals surface area (Å²) in [4.78, 5) is 4.55. The van der Waals surface area contributed by atoms with Gasteiger partial charge in [-0.25, -0.2) is 0 Å². The summed E-state index contributed by atoms with van der Waals surface area (Å²) in [5, 5.41) is 0. The molecule has 0 radical (unpaired) electrons. The van der Waals surface area contributed by atoms with E-state index in [-0.39, 0.29) is 6.92 Å². The van der Waals surface area contributed by atoms with Gasteiger partial charge in [0.2, 0.25) is 0 Å². The number of nitrogens with two attached hydrogens (primary N) is 1. The molecular weight excluding hydrogens is 230 g/mol. The molecule has 1 aliphatic rings. The SMILES string of the molecule is C=Cc1ccc(N2CCN(C(N)S)CC2)cc1.[HH]. The minimum Gasteiger partial charge on any atom is -0.369 e. The normalized spacial score (nSPS) is 19.1. The largest absolute Gasteiger partial charge is 0.369 e. The van der Waals surface area contributed by atoms with Gasteiger partial charge in [0.1, 0.15) is 5.50 Å². The Morgan fingerprint density at radius 1 is 1.24 bits per heavy atom. The number of thiol groups is 1. The Kier molecular flexibility index (Phi) is 4.10. The molecule has 1 aromatic rings. The first-order chi connectivity index (χ1) is 8.20. The average Bonchev–Trinajstić information content (AvgIpc) is 2.39. The van der Waals surface area contributed by atoms with Crippen LogP contribution >= 0.6 is 12.6 Å². The highest BCUT2D eigenvalue weighted by atomic mass is 32.1. The second kappa shape index (κ2) is 5.58. The van der Waals surface area contributed by atoms with E-state index in [2.05, 4.69) is 53.3 Å². The first-order valence-corrected chi connectivity index (χ1v) is 6.37. The smallest absolute Gasteiger partial charge is 0.103 e. The molecule has 2 N–H and O–H groups in total. The molecule has 0 spiro atoms. The lowest BCUT2D eigenvalue weighted by atomic mass is 10.2. The van der Waals surface area contributed by atoms with Crippen LogP contribution in [0.3, 0.4) is 0 Å². The Hall–Kier alpha value is -0.970. The quantitative estimate of drug-likeness (QED) is 0.635. The number of anilines is 1. The van der Waals surface area contributed by atoms with E-state index in [1.54, 1.807) is 0 Å². The van der Waals surface area contributed by atoms with Crippen molar-refractivity contribution in [1.29, 1.82) is 0 Å². The van der Waals surface area contributed by atoms with E-state index in [1.807, 2.05) is 6.08 Å². The summed E-state index contributed by atoms with van der Waals surface area (Å²) < 4.78 is 0. The first kappa shape index (κ1) is 12.5. The number of benzene rings is 1. The van der Waals surface area contributed by atoms with Crippen LogP contribution in [0.2, 0.25) is 0 Å². The minimum absolute atomic E-state index is 0. The predicted octanol–water partition coefficient (Wildman–Crippen LogP) is 1.87. The Labute approximate surface area is 110 Å². The third kappa shape index (κ3) is 3.03. The predicted molar refractivity (Wildman–Crippen MR) is 79.4 cm³/mol. The van der Waals surface area contributed by atoms with Crippen LogP contribution in [0.25, 0.3) is 6.08 Å². The lowest BCUT2D eigenvalue weighted by Crippen LogP contribution is -2.51. The Morgan fingerprint density at radius 2 is 1.82 bits per heavy atom. The molecule has 1 unspecified atom stereocenters. The maximum absolute atomic E-state index is 5.75. The van der Waals surface area contributed by atoms with Gasteiger partial charge in [0.25, 0.3) is 0 Å². The summed E-state index contributed by atoms with van der Waals surface area (Å²) >= 11 is 4.26. The van der Waals surface area contributed by atoms with E-state index in [4.69, 9.17) is 5.73 Å². The molecule has 0 aromatic heterocycles. The zero-order chi connectivity index (χ0) is 12.3. The van der Waals surface area contributed by atoms with Crippen LogP contribution in [-0.2, 0) is 0 Å². The van der Waals surface area contributed by atoms with Gasteiger partial charge < -0.3 is 10.6 Å². The average molecular weight is 251 g/mol. The first-order valence-electron chi connectivity index (χ1n) is 5.86. The molecule has 0 aliphatic carbocycles. The van der Waals surface area contributed by atoms with Gasteiger partial charge >= 0.3 is 0 Å². The van der Waals surface area contributed by atoms with E-state index in [0.29, 0.717) is 0 Å². The summed E-state index contributed by atoms with van der Waals surface area (Å²) in [5.74, 6) is 0. The van der Waals surface area contributed by atoms with E-state index in [9.17, 15) is 0 Å². The standard InChI is InChI=1S/C13H19N3S.H2/c1-2-11-3-5-12(6-4-11)15-7-9-16(10-8-15)13(14)17;/h2-6,13,17H,1,7-10,14H2;1H. The van der Waals surface area contributed by atoms with Gasteiger partial charge in [-0.1, -0.05) is 24.8 Å². The third-order valence-corrected chi connectivity index (χ3v) is 3.51. The topological polar surface area (TPSA) is 32.5 Å². The molecule has 3 nitrogen and oxygen atoms in total. The molecule has 2 rings (SSSR count). The van der Waals surface area contributed by atoms with Crippen LogP contribution < -0.4 is 10.6 Å². The number of piperazine rings is 1. The fraction of sp³-hybridized carbons (Fsp3) is 0.385. The second-order valence-electron chi connectivity index (χ2n) is 4.23. The molecular formula is C13H21N3S. The van der Waals surface area contributed by atoms with E-state index >= 15 is 0 Å². The zero-order valence-electron chi connectivity index (χ0n) is 9.92. The van der Waals surface area contributed by atoms with Gasteiger partial charge in [-0.05, 0) is 17.7 Å². The molecule has 17 heavy (non-hydrogen) atoms. The van der Waals surface area contributed by atoms with Crippen molar-refractivity contribution in [2.75, 3.05) is 31.1 Å². The van der Waals surface area contributed by atoms with Crippen LogP contribution in [0.5, 0.6) is 0 Å². The van der Waals surface area contributed by atoms with Crippen molar-refractivity contribution in [1.82, 2.24) is 4.90 Å². The maximum Gasteiger partial charge on any atom is 0.103 e. The van der Waals surface area contributed by atoms with E-state index < -0.39 is 0 Å². The maximum atomic E-state index is 5.75. The molecule has 1 atom stereocenters. The van der Waals surface area contributed by atoms with Gasteiger partial charge in [-0.15, -0.1) is 12.6 Å². The molecule has 0 amide bonds. The molecule has 0 bridgehead atoms. The molecule has 1 aromatic carbocycles. The van der Waals surface area contributed by atoms with Gasteiger partial charge in [-0.2, -0.15) is 0 Å². The Morgan fingerprint density at radius 3 is 2.29 bits per heavy atom. The fourth-order valence-corrected chi connectivity index (χ4v) is 2.30. The van der Waals surface area contributed by atoms with E-state index in [1.165, 1.54) is 5.69 Å². The van der Waals surface area contributed by atoms with Crippen LogP contribution in [-0.4, -0.2) is 36.6 Å². The summed E-state index contributed by atoms with van der Waals surface area (Å²) in [6.45, 7) is 7.70. The zero-order valence-corrected chi connectivity index (χ0v) is 10.8. The summed E-state index contributed by atoms with van der Waals surface area (Å²) in [6.07, 6.45) is 1.86. The van der Waals surface area contributed by atoms with Crippen LogP contribution in [0.4, 0.5) is 5.69 Å². The number of rotatable bonds is 3. The second-order valence-corrected chi connectivity index (χ2v) is 4.76. The molecule has 1 saturated heterocycles. The lowest BCUT2D eigenvalue weighted by molar-refractivity contribution is 0.246. The highest BCUT2D eigenvalue weighted by Gasteiger charge is 2.19. The molecule has 94 valence electrons. The Balaban J connectivity index is 0.00000162. The number of hydrogen-bond acceptors (Lipinski definition) is 4. The van der Waals surface area contributed by atoms with Crippen molar-refractivity contribution >= 4 is 24.4 Å². The number of nitrogens with zero attached hydrogens (tertiary/aromatic N) is 2. The van der Waals surface area contributed by atoms with Crippen molar-refractivity contribution < 1.29 is 1.43 Å². The number of hydrogen-bond donors (Lipinski definition) is 2. The van der Waals surface area contributed by atoms with Crippen LogP contribution in [0.1, 0.15) is 6.99 Å². The van der Waals surface area contributed by atoms with Crippen LogP contribution in [0.15, 0.2) is 30.8 Å². The van der Waals surface area contributed by atoms with Crippen molar-refractivity contribution in [3.63, 3.8) is 0 Å². The summed E-state index contributed by atoms with van der Waals surface area (Å²) in [5.41, 5.74) is 8.03. The van der Waals surface area contributed by atoms with Gasteiger partial charge in [0.05, 0.1) is 0 Å². The van der Waals surface area contributed by atoms with E-state index in [0.717, 1.165) is 31.7 Å². The van der Waals surface area contributed by atoms with Gasteiger partial charge in [0.15, 0.2) is 0 Å². The van der Waals surface area contributed by atoms with Crippen molar-refractivity contribution in [2.45, 2.75) is 5.50 Å². The third-order valence-electron chi connectivity index (χ3n) is 3.18. The van der Waals surface area contributed by atoms with Crippen LogP contribution in [0, 0.1) is 0 Å². The molecule has 4 heteroatoms. The molecule has 0 saturated carbocycles. The van der Waals surface area contributed by atoms with Crippen molar-refractivity contribution in [3.05, 3.63) is 36.4 Å². The molecule has 1 aliphatic heterocycles. The Bertz CT molecular complexity index is 372. The highest BCUT2D eigenvalue weighted by Crippen LogP contribution is 2.18. The van der Waals surface area contributed by atoms with Crippen molar-refractivity contribution in [3.8, 4) is 0 Å². The monoisotopic (exact) mass is 251 g/mol. The lowest BCUT2D eigenvalue weighted by Gasteiger charge is -2.37.